The van der Waals surface area contributed by atoms with Crippen LogP contribution in [0.1, 0.15) is 27.5 Å². The van der Waals surface area contributed by atoms with Gasteiger partial charge < -0.3 is 10.2 Å². The molecule has 0 spiro atoms. The van der Waals surface area contributed by atoms with Crippen molar-refractivity contribution in [3.63, 3.8) is 0 Å². The van der Waals surface area contributed by atoms with E-state index < -0.39 is 4.92 Å². The van der Waals surface area contributed by atoms with Crippen LogP contribution in [0, 0.1) is 17.0 Å². The first-order valence-electron chi connectivity index (χ1n) is 8.93. The van der Waals surface area contributed by atoms with Crippen LogP contribution in [0.5, 0.6) is 0 Å². The zero-order valence-corrected chi connectivity index (χ0v) is 16.4. The number of amides is 1. The molecule has 144 valence electrons. The summed E-state index contributed by atoms with van der Waals surface area (Å²) < 4.78 is 0. The fourth-order valence-electron chi connectivity index (χ4n) is 3.29. The highest BCUT2D eigenvalue weighted by atomic mass is 32.1. The standard InChI is InChI=1S/C19H24N4O3S/c1-14-3-4-15(11-17(14)23(25)26)19(24)20-12-18(16-5-10-27-13-16)22-8-6-21(2)7-9-22/h3-5,10-11,13,18H,6-9,12H2,1-2H3,(H,20,24). The van der Waals surface area contributed by atoms with Gasteiger partial charge >= 0.3 is 0 Å². The van der Waals surface area contributed by atoms with Crippen LogP contribution in [0.4, 0.5) is 5.69 Å². The lowest BCUT2D eigenvalue weighted by molar-refractivity contribution is -0.385. The molecule has 1 aliphatic rings. The van der Waals surface area contributed by atoms with Gasteiger partial charge in [0.05, 0.1) is 11.0 Å². The minimum Gasteiger partial charge on any atom is -0.350 e. The van der Waals surface area contributed by atoms with Gasteiger partial charge in [-0.3, -0.25) is 19.8 Å². The maximum absolute atomic E-state index is 12.6. The minimum absolute atomic E-state index is 0.0314. The molecule has 7 nitrogen and oxygen atoms in total. The van der Waals surface area contributed by atoms with E-state index >= 15 is 0 Å². The molecular formula is C19H24N4O3S. The quantitative estimate of drug-likeness (QED) is 0.608. The minimum atomic E-state index is -0.454. The Balaban J connectivity index is 1.71. The molecule has 1 amide bonds. The maximum Gasteiger partial charge on any atom is 0.273 e. The van der Waals surface area contributed by atoms with Gasteiger partial charge in [-0.15, -0.1) is 0 Å². The number of likely N-dealkylation sites (N-methyl/N-ethyl adjacent to an activating group) is 1. The summed E-state index contributed by atoms with van der Waals surface area (Å²) in [5.41, 5.74) is 2.02. The smallest absolute Gasteiger partial charge is 0.273 e. The van der Waals surface area contributed by atoms with Gasteiger partial charge in [0.25, 0.3) is 11.6 Å². The number of nitro groups is 1. The second-order valence-electron chi connectivity index (χ2n) is 6.88. The number of rotatable bonds is 6. The van der Waals surface area contributed by atoms with E-state index in [1.807, 2.05) is 5.38 Å². The number of nitro benzene ring substituents is 1. The fraction of sp³-hybridized carbons (Fsp3) is 0.421. The summed E-state index contributed by atoms with van der Waals surface area (Å²) in [6.07, 6.45) is 0. The SMILES string of the molecule is Cc1ccc(C(=O)NCC(c2ccsc2)N2CCN(C)CC2)cc1[N+](=O)[O-]. The van der Waals surface area contributed by atoms with Crippen LogP contribution >= 0.6 is 11.3 Å². The van der Waals surface area contributed by atoms with Crippen molar-refractivity contribution in [3.05, 3.63) is 61.8 Å². The number of nitrogens with zero attached hydrogens (tertiary/aromatic N) is 3. The summed E-state index contributed by atoms with van der Waals surface area (Å²) in [5, 5.41) is 18.2. The summed E-state index contributed by atoms with van der Waals surface area (Å²) in [7, 11) is 2.11. The summed E-state index contributed by atoms with van der Waals surface area (Å²) >= 11 is 1.65. The largest absolute Gasteiger partial charge is 0.350 e. The van der Waals surface area contributed by atoms with Crippen LogP contribution in [0.2, 0.25) is 0 Å². The summed E-state index contributed by atoms with van der Waals surface area (Å²) in [4.78, 5) is 27.9. The second kappa shape index (κ2) is 8.60. The van der Waals surface area contributed by atoms with Crippen LogP contribution in [-0.4, -0.2) is 60.4 Å². The van der Waals surface area contributed by atoms with Gasteiger partial charge in [-0.2, -0.15) is 11.3 Å². The van der Waals surface area contributed by atoms with E-state index in [0.29, 0.717) is 17.7 Å². The van der Waals surface area contributed by atoms with Crippen molar-refractivity contribution in [1.82, 2.24) is 15.1 Å². The van der Waals surface area contributed by atoms with Crippen molar-refractivity contribution >= 4 is 22.9 Å². The van der Waals surface area contributed by atoms with Crippen molar-refractivity contribution in [2.75, 3.05) is 39.8 Å². The zero-order valence-electron chi connectivity index (χ0n) is 15.6. The Labute approximate surface area is 162 Å². The number of hydrogen-bond donors (Lipinski definition) is 1. The third kappa shape index (κ3) is 4.71. The first-order chi connectivity index (χ1) is 13.0. The zero-order chi connectivity index (χ0) is 19.4. The first-order valence-corrected chi connectivity index (χ1v) is 9.88. The van der Waals surface area contributed by atoms with E-state index in [1.165, 1.54) is 11.6 Å². The van der Waals surface area contributed by atoms with Crippen LogP contribution in [0.15, 0.2) is 35.0 Å². The number of carbonyl (C=O) groups excluding carboxylic acids is 1. The van der Waals surface area contributed by atoms with Gasteiger partial charge in [0, 0.05) is 49.9 Å². The van der Waals surface area contributed by atoms with Crippen LogP contribution in [-0.2, 0) is 0 Å². The van der Waals surface area contributed by atoms with Gasteiger partial charge in [-0.05, 0) is 42.4 Å². The van der Waals surface area contributed by atoms with Crippen molar-refractivity contribution in [2.45, 2.75) is 13.0 Å². The third-order valence-corrected chi connectivity index (χ3v) is 5.73. The molecule has 1 saturated heterocycles. The number of benzene rings is 1. The lowest BCUT2D eigenvalue weighted by Crippen LogP contribution is -2.48. The predicted octanol–water partition coefficient (Wildman–Crippen LogP) is 2.68. The van der Waals surface area contributed by atoms with Gasteiger partial charge in [-0.1, -0.05) is 6.07 Å². The highest BCUT2D eigenvalue weighted by Gasteiger charge is 2.25. The van der Waals surface area contributed by atoms with E-state index in [2.05, 4.69) is 33.6 Å². The lowest BCUT2D eigenvalue weighted by atomic mass is 10.1. The Bertz CT molecular complexity index is 801. The van der Waals surface area contributed by atoms with E-state index in [0.717, 1.165) is 26.2 Å². The molecule has 1 aromatic heterocycles. The van der Waals surface area contributed by atoms with Crippen molar-refractivity contribution in [3.8, 4) is 0 Å². The van der Waals surface area contributed by atoms with Gasteiger partial charge in [-0.25, -0.2) is 0 Å². The molecule has 0 radical (unpaired) electrons. The Hall–Kier alpha value is -2.29. The van der Waals surface area contributed by atoms with Gasteiger partial charge in [0.2, 0.25) is 0 Å². The number of aryl methyl sites for hydroxylation is 1. The Morgan fingerprint density at radius 1 is 1.30 bits per heavy atom. The number of hydrogen-bond acceptors (Lipinski definition) is 6. The topological polar surface area (TPSA) is 78.7 Å². The second-order valence-corrected chi connectivity index (χ2v) is 7.66. The monoisotopic (exact) mass is 388 g/mol. The van der Waals surface area contributed by atoms with Crippen LogP contribution in [0.25, 0.3) is 0 Å². The fourth-order valence-corrected chi connectivity index (χ4v) is 4.00. The summed E-state index contributed by atoms with van der Waals surface area (Å²) in [6, 6.07) is 6.79. The Kier molecular flexibility index (Phi) is 6.20. The summed E-state index contributed by atoms with van der Waals surface area (Å²) in [5.74, 6) is -0.285. The lowest BCUT2D eigenvalue weighted by Gasteiger charge is -2.38. The summed E-state index contributed by atoms with van der Waals surface area (Å²) in [6.45, 7) is 6.03. The van der Waals surface area contributed by atoms with Crippen molar-refractivity contribution in [2.24, 2.45) is 0 Å². The van der Waals surface area contributed by atoms with Gasteiger partial charge in [0.1, 0.15) is 0 Å². The molecule has 3 rings (SSSR count). The molecule has 27 heavy (non-hydrogen) atoms. The van der Waals surface area contributed by atoms with Crippen LogP contribution in [0.3, 0.4) is 0 Å². The molecule has 0 bridgehead atoms. The highest BCUT2D eigenvalue weighted by molar-refractivity contribution is 7.07. The molecule has 1 fully saturated rings. The van der Waals surface area contributed by atoms with E-state index in [4.69, 9.17) is 0 Å². The van der Waals surface area contributed by atoms with Crippen molar-refractivity contribution < 1.29 is 9.72 Å². The third-order valence-electron chi connectivity index (χ3n) is 5.03. The van der Waals surface area contributed by atoms with Gasteiger partial charge in [0.15, 0.2) is 0 Å². The average Bonchev–Trinajstić information content (AvgIpc) is 3.17. The molecule has 1 unspecified atom stereocenters. The highest BCUT2D eigenvalue weighted by Crippen LogP contribution is 2.24. The number of carbonyl (C=O) groups is 1. The number of thiophene rings is 1. The number of nitrogens with one attached hydrogen (secondary N) is 1. The molecule has 2 aromatic rings. The molecule has 2 heterocycles. The predicted molar refractivity (Wildman–Crippen MR) is 106 cm³/mol. The normalized spacial score (nSPS) is 16.8. The first kappa shape index (κ1) is 19.5. The molecule has 1 aromatic carbocycles. The molecule has 1 aliphatic heterocycles. The molecule has 1 N–H and O–H groups in total. The number of piperazine rings is 1. The molecule has 0 aliphatic carbocycles. The van der Waals surface area contributed by atoms with E-state index in [-0.39, 0.29) is 17.6 Å². The van der Waals surface area contributed by atoms with Crippen molar-refractivity contribution in [1.29, 1.82) is 0 Å². The average molecular weight is 388 g/mol. The molecular weight excluding hydrogens is 364 g/mol. The van der Waals surface area contributed by atoms with E-state index in [9.17, 15) is 14.9 Å². The Morgan fingerprint density at radius 2 is 2.04 bits per heavy atom. The molecule has 1 atom stereocenters. The van der Waals surface area contributed by atoms with Crippen LogP contribution < -0.4 is 5.32 Å². The van der Waals surface area contributed by atoms with E-state index in [1.54, 1.807) is 30.4 Å². The molecule has 8 heteroatoms. The Morgan fingerprint density at radius 3 is 2.67 bits per heavy atom. The molecule has 0 saturated carbocycles. The maximum atomic E-state index is 12.6.